The van der Waals surface area contributed by atoms with E-state index in [9.17, 15) is 4.79 Å². The third-order valence-corrected chi connectivity index (χ3v) is 6.56. The van der Waals surface area contributed by atoms with Crippen molar-refractivity contribution in [2.75, 3.05) is 4.90 Å². The summed E-state index contributed by atoms with van der Waals surface area (Å²) in [6.45, 7) is 6.62. The molecule has 2 aromatic carbocycles. The molecule has 1 aliphatic heterocycles. The Labute approximate surface area is 177 Å². The van der Waals surface area contributed by atoms with Gasteiger partial charge in [-0.05, 0) is 87.4 Å². The first-order valence-corrected chi connectivity index (χ1v) is 11.0. The molecule has 30 heavy (non-hydrogen) atoms. The maximum atomic E-state index is 12.5. The monoisotopic (exact) mass is 400 g/mol. The Morgan fingerprint density at radius 3 is 2.53 bits per heavy atom. The minimum atomic E-state index is 0.0182. The molecule has 1 saturated heterocycles. The highest BCUT2D eigenvalue weighted by Crippen LogP contribution is 2.35. The predicted molar refractivity (Wildman–Crippen MR) is 121 cm³/mol. The number of hydrogen-bond acceptors (Lipinski definition) is 4. The van der Waals surface area contributed by atoms with Gasteiger partial charge in [0.25, 0.3) is 5.91 Å². The number of rotatable bonds is 4. The van der Waals surface area contributed by atoms with Crippen LogP contribution in [0.5, 0.6) is 0 Å². The highest BCUT2D eigenvalue weighted by atomic mass is 16.1. The van der Waals surface area contributed by atoms with E-state index in [4.69, 9.17) is 0 Å². The summed E-state index contributed by atoms with van der Waals surface area (Å²) in [5.41, 5.74) is 4.06. The van der Waals surface area contributed by atoms with Crippen LogP contribution in [0, 0.1) is 6.92 Å². The number of anilines is 1. The van der Waals surface area contributed by atoms with Gasteiger partial charge in [-0.25, -0.2) is 0 Å². The molecule has 2 unspecified atom stereocenters. The molecule has 0 bridgehead atoms. The van der Waals surface area contributed by atoms with Gasteiger partial charge in [0, 0.05) is 34.5 Å². The van der Waals surface area contributed by atoms with Crippen LogP contribution < -0.4 is 10.2 Å². The molecule has 1 saturated carbocycles. The summed E-state index contributed by atoms with van der Waals surface area (Å²) in [4.78, 5) is 14.9. The third kappa shape index (κ3) is 3.42. The number of nitrogens with zero attached hydrogens (tertiary/aromatic N) is 3. The van der Waals surface area contributed by atoms with Gasteiger partial charge in [-0.1, -0.05) is 12.1 Å². The summed E-state index contributed by atoms with van der Waals surface area (Å²) < 4.78 is 0. The fourth-order valence-electron chi connectivity index (χ4n) is 4.61. The van der Waals surface area contributed by atoms with Crippen LogP contribution in [0.2, 0.25) is 0 Å². The molecule has 5 rings (SSSR count). The summed E-state index contributed by atoms with van der Waals surface area (Å²) in [5, 5.41) is 14.1. The maximum Gasteiger partial charge on any atom is 0.251 e. The average molecular weight is 401 g/mol. The van der Waals surface area contributed by atoms with Crippen molar-refractivity contribution in [1.82, 2.24) is 15.5 Å². The average Bonchev–Trinajstić information content (AvgIpc) is 3.50. The number of amides is 1. The first kappa shape index (κ1) is 19.0. The van der Waals surface area contributed by atoms with Crippen molar-refractivity contribution in [3.05, 3.63) is 53.7 Å². The molecule has 1 aliphatic carbocycles. The number of hydrogen-bond donors (Lipinski definition) is 1. The molecule has 1 aromatic heterocycles. The Bertz CT molecular complexity index is 1110. The molecule has 3 aromatic rings. The molecule has 1 amide bonds. The van der Waals surface area contributed by atoms with Crippen molar-refractivity contribution >= 4 is 22.5 Å². The van der Waals surface area contributed by atoms with Crippen LogP contribution in [0.3, 0.4) is 0 Å². The topological polar surface area (TPSA) is 58.1 Å². The molecule has 2 aliphatic rings. The van der Waals surface area contributed by atoms with Gasteiger partial charge in [-0.15, -0.1) is 5.10 Å². The molecular formula is C25H28N4O. The lowest BCUT2D eigenvalue weighted by Gasteiger charge is -2.28. The van der Waals surface area contributed by atoms with Gasteiger partial charge < -0.3 is 10.2 Å². The van der Waals surface area contributed by atoms with Crippen LogP contribution in [0.4, 0.5) is 5.82 Å². The fourth-order valence-corrected chi connectivity index (χ4v) is 4.61. The van der Waals surface area contributed by atoms with Crippen LogP contribution >= 0.6 is 0 Å². The molecule has 5 heteroatoms. The lowest BCUT2D eigenvalue weighted by molar-refractivity contribution is 0.0951. The van der Waals surface area contributed by atoms with Crippen LogP contribution in [0.15, 0.2) is 42.6 Å². The van der Waals surface area contributed by atoms with Gasteiger partial charge in [0.1, 0.15) is 0 Å². The van der Waals surface area contributed by atoms with Crippen molar-refractivity contribution in [2.24, 2.45) is 0 Å². The van der Waals surface area contributed by atoms with Gasteiger partial charge >= 0.3 is 0 Å². The van der Waals surface area contributed by atoms with Gasteiger partial charge in [0.05, 0.1) is 6.20 Å². The second-order valence-electron chi connectivity index (χ2n) is 8.93. The van der Waals surface area contributed by atoms with E-state index >= 15 is 0 Å². The standard InChI is InChI=1S/C25H28N4O/c1-15-4-7-19(25(30)27-21-9-10-21)13-23(15)18-8-11-22-20(12-18)14-26-28-24(22)29-16(2)5-6-17(29)3/h4,7-8,11-14,16-17,21H,5-6,9-10H2,1-3H3,(H,27,30). The summed E-state index contributed by atoms with van der Waals surface area (Å²) >= 11 is 0. The van der Waals surface area contributed by atoms with Crippen LogP contribution in [0.25, 0.3) is 21.9 Å². The second kappa shape index (κ2) is 7.38. The van der Waals surface area contributed by atoms with Gasteiger partial charge in [-0.2, -0.15) is 5.10 Å². The highest BCUT2D eigenvalue weighted by molar-refractivity contribution is 5.98. The number of benzene rings is 2. The van der Waals surface area contributed by atoms with E-state index in [0.717, 1.165) is 51.7 Å². The molecule has 0 radical (unpaired) electrons. The Hall–Kier alpha value is -2.95. The van der Waals surface area contributed by atoms with Crippen molar-refractivity contribution in [1.29, 1.82) is 0 Å². The van der Waals surface area contributed by atoms with Crippen molar-refractivity contribution in [3.63, 3.8) is 0 Å². The van der Waals surface area contributed by atoms with Crippen LogP contribution in [-0.2, 0) is 0 Å². The molecule has 2 heterocycles. The molecule has 154 valence electrons. The first-order chi connectivity index (χ1) is 14.5. The van der Waals surface area contributed by atoms with Crippen LogP contribution in [-0.4, -0.2) is 34.2 Å². The maximum absolute atomic E-state index is 12.5. The van der Waals surface area contributed by atoms with E-state index in [1.165, 1.54) is 12.8 Å². The second-order valence-corrected chi connectivity index (χ2v) is 8.93. The Morgan fingerprint density at radius 1 is 1.03 bits per heavy atom. The minimum absolute atomic E-state index is 0.0182. The summed E-state index contributed by atoms with van der Waals surface area (Å²) in [6, 6.07) is 13.7. The number of fused-ring (bicyclic) bond motifs is 1. The molecular weight excluding hydrogens is 372 g/mol. The Morgan fingerprint density at radius 2 is 1.80 bits per heavy atom. The SMILES string of the molecule is Cc1ccc(C(=O)NC2CC2)cc1-c1ccc2c(N3C(C)CCC3C)nncc2c1. The minimum Gasteiger partial charge on any atom is -0.349 e. The van der Waals surface area contributed by atoms with E-state index < -0.39 is 0 Å². The fraction of sp³-hybridized carbons (Fsp3) is 0.400. The van der Waals surface area contributed by atoms with E-state index in [-0.39, 0.29) is 5.91 Å². The number of aromatic nitrogens is 2. The highest BCUT2D eigenvalue weighted by Gasteiger charge is 2.30. The van der Waals surface area contributed by atoms with E-state index in [1.807, 2.05) is 24.4 Å². The third-order valence-electron chi connectivity index (χ3n) is 6.56. The normalized spacial score (nSPS) is 21.2. The van der Waals surface area contributed by atoms with Gasteiger partial charge in [0.2, 0.25) is 0 Å². The largest absolute Gasteiger partial charge is 0.349 e. The molecule has 0 spiro atoms. The molecule has 2 atom stereocenters. The molecule has 5 nitrogen and oxygen atoms in total. The lowest BCUT2D eigenvalue weighted by Crippen LogP contribution is -2.33. The van der Waals surface area contributed by atoms with Gasteiger partial charge in [-0.3, -0.25) is 4.79 Å². The first-order valence-electron chi connectivity index (χ1n) is 11.0. The molecule has 1 N–H and O–H groups in total. The van der Waals surface area contributed by atoms with Crippen molar-refractivity contribution in [2.45, 2.75) is 64.6 Å². The van der Waals surface area contributed by atoms with Gasteiger partial charge in [0.15, 0.2) is 5.82 Å². The smallest absolute Gasteiger partial charge is 0.251 e. The van der Waals surface area contributed by atoms with E-state index in [0.29, 0.717) is 18.1 Å². The number of carbonyl (C=O) groups excluding carboxylic acids is 1. The molecule has 2 fully saturated rings. The lowest BCUT2D eigenvalue weighted by atomic mass is 9.96. The number of nitrogens with one attached hydrogen (secondary N) is 1. The van der Waals surface area contributed by atoms with Crippen molar-refractivity contribution in [3.8, 4) is 11.1 Å². The summed E-state index contributed by atoms with van der Waals surface area (Å²) in [7, 11) is 0. The zero-order chi connectivity index (χ0) is 20.8. The summed E-state index contributed by atoms with van der Waals surface area (Å²) in [5.74, 6) is 0.996. The summed E-state index contributed by atoms with van der Waals surface area (Å²) in [6.07, 6.45) is 6.39. The van der Waals surface area contributed by atoms with E-state index in [1.54, 1.807) is 0 Å². The zero-order valence-electron chi connectivity index (χ0n) is 17.9. The van der Waals surface area contributed by atoms with Crippen LogP contribution in [0.1, 0.15) is 55.5 Å². The Balaban J connectivity index is 1.53. The predicted octanol–water partition coefficient (Wildman–Crippen LogP) is 4.87. The zero-order valence-corrected chi connectivity index (χ0v) is 17.9. The van der Waals surface area contributed by atoms with Crippen molar-refractivity contribution < 1.29 is 4.79 Å². The number of carbonyl (C=O) groups is 1. The number of aryl methyl sites for hydroxylation is 1. The Kier molecular flexibility index (Phi) is 4.69. The van der Waals surface area contributed by atoms with E-state index in [2.05, 4.69) is 59.4 Å². The quantitative estimate of drug-likeness (QED) is 0.678.